The van der Waals surface area contributed by atoms with Crippen molar-refractivity contribution < 1.29 is 9.53 Å². The summed E-state index contributed by atoms with van der Waals surface area (Å²) in [4.78, 5) is 12.8. The molecule has 1 aromatic rings. The normalized spacial score (nSPS) is 22.7. The highest BCUT2D eigenvalue weighted by atomic mass is 16.5. The minimum Gasteiger partial charge on any atom is -0.494 e. The van der Waals surface area contributed by atoms with Gasteiger partial charge >= 0.3 is 0 Å². The van der Waals surface area contributed by atoms with Crippen molar-refractivity contribution in [3.05, 3.63) is 29.8 Å². The zero-order valence-electron chi connectivity index (χ0n) is 12.0. The Hall–Kier alpha value is -1.35. The lowest BCUT2D eigenvalue weighted by Gasteiger charge is -2.31. The molecule has 19 heavy (non-hydrogen) atoms. The van der Waals surface area contributed by atoms with Gasteiger partial charge in [0.1, 0.15) is 5.75 Å². The average Bonchev–Trinajstić information content (AvgIpc) is 2.90. The number of ether oxygens (including phenoxy) is 1. The summed E-state index contributed by atoms with van der Waals surface area (Å²) >= 11 is 0. The van der Waals surface area contributed by atoms with Gasteiger partial charge in [-0.2, -0.15) is 0 Å². The van der Waals surface area contributed by atoms with Crippen LogP contribution in [0.5, 0.6) is 5.75 Å². The molecule has 1 atom stereocenters. The fraction of sp³-hybridized carbons (Fsp3) is 0.562. The predicted octanol–water partition coefficient (Wildman–Crippen LogP) is 2.90. The Morgan fingerprint density at radius 1 is 1.37 bits per heavy atom. The summed E-state index contributed by atoms with van der Waals surface area (Å²) in [5.41, 5.74) is 0.550. The van der Waals surface area contributed by atoms with Gasteiger partial charge in [0.05, 0.1) is 6.61 Å². The van der Waals surface area contributed by atoms with Gasteiger partial charge in [0.15, 0.2) is 5.78 Å². The standard InChI is InChI=1S/C16H23NO2/c1-4-19-14-7-5-13(6-8-14)15(18)16(12(2)3)9-10-17-11-16/h5-8,12,17H,4,9-11H2,1-3H3. The molecule has 0 saturated carbocycles. The maximum absolute atomic E-state index is 12.8. The smallest absolute Gasteiger partial charge is 0.170 e. The lowest BCUT2D eigenvalue weighted by Crippen LogP contribution is -2.38. The van der Waals surface area contributed by atoms with E-state index in [1.807, 2.05) is 31.2 Å². The Kier molecular flexibility index (Phi) is 4.25. The van der Waals surface area contributed by atoms with Crippen molar-refractivity contribution in [1.29, 1.82) is 0 Å². The molecule has 1 fully saturated rings. The average molecular weight is 261 g/mol. The molecule has 0 radical (unpaired) electrons. The number of hydrogen-bond donors (Lipinski definition) is 1. The molecule has 0 bridgehead atoms. The summed E-state index contributed by atoms with van der Waals surface area (Å²) in [6.45, 7) is 8.60. The van der Waals surface area contributed by atoms with Gasteiger partial charge in [-0.05, 0) is 50.1 Å². The number of nitrogens with one attached hydrogen (secondary N) is 1. The van der Waals surface area contributed by atoms with Crippen molar-refractivity contribution in [2.45, 2.75) is 27.2 Å². The first-order valence-electron chi connectivity index (χ1n) is 7.08. The number of Topliss-reactive ketones (excluding diaryl/α,β-unsaturated/α-hetero) is 1. The highest BCUT2D eigenvalue weighted by Crippen LogP contribution is 2.37. The van der Waals surface area contributed by atoms with Gasteiger partial charge in [0.25, 0.3) is 0 Å². The van der Waals surface area contributed by atoms with E-state index in [-0.39, 0.29) is 11.2 Å². The second-order valence-corrected chi connectivity index (χ2v) is 5.52. The third-order valence-electron chi connectivity index (χ3n) is 4.17. The number of rotatable bonds is 5. The van der Waals surface area contributed by atoms with Crippen LogP contribution in [-0.2, 0) is 0 Å². The largest absolute Gasteiger partial charge is 0.494 e. The van der Waals surface area contributed by atoms with Crippen molar-refractivity contribution in [2.24, 2.45) is 11.3 Å². The topological polar surface area (TPSA) is 38.3 Å². The molecule has 2 rings (SSSR count). The van der Waals surface area contributed by atoms with Gasteiger partial charge in [-0.25, -0.2) is 0 Å². The second-order valence-electron chi connectivity index (χ2n) is 5.52. The first kappa shape index (κ1) is 14.1. The summed E-state index contributed by atoms with van der Waals surface area (Å²) in [5.74, 6) is 1.43. The first-order chi connectivity index (χ1) is 9.10. The molecule has 3 heteroatoms. The SMILES string of the molecule is CCOc1ccc(C(=O)C2(C(C)C)CCNC2)cc1. The van der Waals surface area contributed by atoms with Crippen LogP contribution in [0.1, 0.15) is 37.6 Å². The third kappa shape index (κ3) is 2.66. The van der Waals surface area contributed by atoms with E-state index in [0.717, 1.165) is 30.8 Å². The van der Waals surface area contributed by atoms with Crippen LogP contribution in [0.4, 0.5) is 0 Å². The van der Waals surface area contributed by atoms with Crippen LogP contribution < -0.4 is 10.1 Å². The molecule has 0 aliphatic carbocycles. The maximum atomic E-state index is 12.8. The minimum absolute atomic E-state index is 0.243. The monoisotopic (exact) mass is 261 g/mol. The molecule has 3 nitrogen and oxygen atoms in total. The molecule has 1 aliphatic heterocycles. The molecule has 1 aliphatic rings. The van der Waals surface area contributed by atoms with Crippen LogP contribution in [0, 0.1) is 11.3 Å². The molecular weight excluding hydrogens is 238 g/mol. The van der Waals surface area contributed by atoms with Crippen LogP contribution in [-0.4, -0.2) is 25.5 Å². The number of ketones is 1. The van der Waals surface area contributed by atoms with Crippen LogP contribution in [0.25, 0.3) is 0 Å². The van der Waals surface area contributed by atoms with Gasteiger partial charge < -0.3 is 10.1 Å². The third-order valence-corrected chi connectivity index (χ3v) is 4.17. The van der Waals surface area contributed by atoms with Crippen LogP contribution in [0.3, 0.4) is 0 Å². The van der Waals surface area contributed by atoms with Crippen LogP contribution >= 0.6 is 0 Å². The minimum atomic E-state index is -0.243. The van der Waals surface area contributed by atoms with Gasteiger partial charge in [0.2, 0.25) is 0 Å². The van der Waals surface area contributed by atoms with Gasteiger partial charge in [-0.3, -0.25) is 4.79 Å². The van der Waals surface area contributed by atoms with Crippen molar-refractivity contribution >= 4 is 5.78 Å². The molecule has 0 spiro atoms. The van der Waals surface area contributed by atoms with Crippen molar-refractivity contribution in [1.82, 2.24) is 5.32 Å². The van der Waals surface area contributed by atoms with Gasteiger partial charge in [-0.1, -0.05) is 13.8 Å². The Morgan fingerprint density at radius 2 is 2.05 bits per heavy atom. The van der Waals surface area contributed by atoms with E-state index in [9.17, 15) is 4.79 Å². The lowest BCUT2D eigenvalue weighted by atomic mass is 9.71. The molecule has 0 amide bonds. The first-order valence-corrected chi connectivity index (χ1v) is 7.08. The Labute approximate surface area is 115 Å². The van der Waals surface area contributed by atoms with E-state index in [1.54, 1.807) is 0 Å². The van der Waals surface area contributed by atoms with Crippen molar-refractivity contribution in [3.8, 4) is 5.75 Å². The zero-order valence-corrected chi connectivity index (χ0v) is 12.0. The second kappa shape index (κ2) is 5.74. The summed E-state index contributed by atoms with van der Waals surface area (Å²) < 4.78 is 5.42. The van der Waals surface area contributed by atoms with Gasteiger partial charge in [0, 0.05) is 17.5 Å². The van der Waals surface area contributed by atoms with E-state index in [4.69, 9.17) is 4.74 Å². The van der Waals surface area contributed by atoms with E-state index in [2.05, 4.69) is 19.2 Å². The highest BCUT2D eigenvalue weighted by Gasteiger charge is 2.43. The van der Waals surface area contributed by atoms with E-state index < -0.39 is 0 Å². The van der Waals surface area contributed by atoms with Gasteiger partial charge in [-0.15, -0.1) is 0 Å². The molecule has 1 aromatic carbocycles. The Bertz CT molecular complexity index is 431. The zero-order chi connectivity index (χ0) is 13.9. The Balaban J connectivity index is 2.22. The Morgan fingerprint density at radius 3 is 2.53 bits per heavy atom. The van der Waals surface area contributed by atoms with Crippen molar-refractivity contribution in [2.75, 3.05) is 19.7 Å². The molecule has 1 heterocycles. The van der Waals surface area contributed by atoms with E-state index in [1.165, 1.54) is 0 Å². The van der Waals surface area contributed by atoms with E-state index >= 15 is 0 Å². The number of carbonyl (C=O) groups excluding carboxylic acids is 1. The number of hydrogen-bond acceptors (Lipinski definition) is 3. The lowest BCUT2D eigenvalue weighted by molar-refractivity contribution is 0.0740. The number of carbonyl (C=O) groups is 1. The summed E-state index contributed by atoms with van der Waals surface area (Å²) in [5, 5.41) is 3.33. The molecule has 0 aromatic heterocycles. The van der Waals surface area contributed by atoms with Crippen LogP contribution in [0.15, 0.2) is 24.3 Å². The summed E-state index contributed by atoms with van der Waals surface area (Å²) in [7, 11) is 0. The molecule has 104 valence electrons. The van der Waals surface area contributed by atoms with Crippen molar-refractivity contribution in [3.63, 3.8) is 0 Å². The number of benzene rings is 1. The van der Waals surface area contributed by atoms with E-state index in [0.29, 0.717) is 12.5 Å². The molecule has 1 N–H and O–H groups in total. The predicted molar refractivity (Wildman–Crippen MR) is 76.7 cm³/mol. The molecular formula is C16H23NO2. The van der Waals surface area contributed by atoms with Crippen LogP contribution in [0.2, 0.25) is 0 Å². The summed E-state index contributed by atoms with van der Waals surface area (Å²) in [6.07, 6.45) is 0.927. The highest BCUT2D eigenvalue weighted by molar-refractivity contribution is 6.01. The maximum Gasteiger partial charge on any atom is 0.170 e. The quantitative estimate of drug-likeness (QED) is 0.828. The molecule has 1 saturated heterocycles. The summed E-state index contributed by atoms with van der Waals surface area (Å²) in [6, 6.07) is 7.53. The fourth-order valence-corrected chi connectivity index (χ4v) is 2.82. The molecule has 1 unspecified atom stereocenters. The fourth-order valence-electron chi connectivity index (χ4n) is 2.82.